The Kier molecular flexibility index (Phi) is 3.45. The maximum atomic E-state index is 8.55. The first-order valence-electron chi connectivity index (χ1n) is 5.18. The standard InChI is InChI=1S/C12H12N4S/c1-9-4-3-5-10(8-9)11-14-15-12(16(11)2)17-7-6-13/h3-5,8H,7H2,1-2H3. The van der Waals surface area contributed by atoms with Crippen LogP contribution in [0.1, 0.15) is 5.56 Å². The van der Waals surface area contributed by atoms with Crippen LogP contribution >= 0.6 is 11.8 Å². The summed E-state index contributed by atoms with van der Waals surface area (Å²) in [6.07, 6.45) is 0. The molecule has 0 fully saturated rings. The van der Waals surface area contributed by atoms with Gasteiger partial charge in [-0.05, 0) is 13.0 Å². The topological polar surface area (TPSA) is 54.5 Å². The summed E-state index contributed by atoms with van der Waals surface area (Å²) in [6, 6.07) is 10.2. The molecule has 0 spiro atoms. The maximum absolute atomic E-state index is 8.55. The molecule has 0 aliphatic rings. The lowest BCUT2D eigenvalue weighted by Gasteiger charge is -2.03. The van der Waals surface area contributed by atoms with E-state index in [1.807, 2.05) is 36.7 Å². The molecule has 0 atom stereocenters. The van der Waals surface area contributed by atoms with E-state index in [9.17, 15) is 0 Å². The number of thioether (sulfide) groups is 1. The molecule has 0 bridgehead atoms. The van der Waals surface area contributed by atoms with Crippen LogP contribution in [0.2, 0.25) is 0 Å². The van der Waals surface area contributed by atoms with E-state index in [-0.39, 0.29) is 0 Å². The molecule has 86 valence electrons. The highest BCUT2D eigenvalue weighted by Gasteiger charge is 2.10. The summed E-state index contributed by atoms with van der Waals surface area (Å²) in [6.45, 7) is 2.05. The second-order valence-corrected chi connectivity index (χ2v) is 4.62. The van der Waals surface area contributed by atoms with Gasteiger partial charge in [0.1, 0.15) is 0 Å². The van der Waals surface area contributed by atoms with Crippen LogP contribution in [0, 0.1) is 18.3 Å². The smallest absolute Gasteiger partial charge is 0.192 e. The van der Waals surface area contributed by atoms with Gasteiger partial charge in [0.05, 0.1) is 11.8 Å². The molecule has 4 nitrogen and oxygen atoms in total. The lowest BCUT2D eigenvalue weighted by atomic mass is 10.1. The van der Waals surface area contributed by atoms with Crippen LogP contribution in [0.15, 0.2) is 29.4 Å². The van der Waals surface area contributed by atoms with E-state index in [1.165, 1.54) is 17.3 Å². The summed E-state index contributed by atoms with van der Waals surface area (Å²) in [7, 11) is 1.91. The van der Waals surface area contributed by atoms with Crippen molar-refractivity contribution in [1.82, 2.24) is 14.8 Å². The van der Waals surface area contributed by atoms with E-state index < -0.39 is 0 Å². The van der Waals surface area contributed by atoms with Crippen LogP contribution in [0.5, 0.6) is 0 Å². The van der Waals surface area contributed by atoms with Crippen LogP contribution in [0.4, 0.5) is 0 Å². The van der Waals surface area contributed by atoms with Gasteiger partial charge in [-0.3, -0.25) is 0 Å². The zero-order valence-corrected chi connectivity index (χ0v) is 10.5. The summed E-state index contributed by atoms with van der Waals surface area (Å²) in [5.74, 6) is 1.22. The van der Waals surface area contributed by atoms with Crippen molar-refractivity contribution in [1.29, 1.82) is 5.26 Å². The zero-order valence-electron chi connectivity index (χ0n) is 9.71. The summed E-state index contributed by atoms with van der Waals surface area (Å²) in [5, 5.41) is 17.6. The quantitative estimate of drug-likeness (QED) is 0.778. The van der Waals surface area contributed by atoms with Crippen molar-refractivity contribution in [2.24, 2.45) is 7.05 Å². The van der Waals surface area contributed by atoms with Crippen molar-refractivity contribution in [3.63, 3.8) is 0 Å². The molecule has 17 heavy (non-hydrogen) atoms. The van der Waals surface area contributed by atoms with Crippen molar-refractivity contribution in [3.05, 3.63) is 29.8 Å². The number of hydrogen-bond donors (Lipinski definition) is 0. The third-order valence-electron chi connectivity index (χ3n) is 2.38. The zero-order chi connectivity index (χ0) is 12.3. The molecule has 5 heteroatoms. The number of nitriles is 1. The molecule has 0 N–H and O–H groups in total. The Balaban J connectivity index is 2.34. The molecule has 0 saturated carbocycles. The lowest BCUT2D eigenvalue weighted by molar-refractivity contribution is 0.795. The summed E-state index contributed by atoms with van der Waals surface area (Å²) < 4.78 is 1.91. The summed E-state index contributed by atoms with van der Waals surface area (Å²) in [5.41, 5.74) is 2.24. The minimum Gasteiger partial charge on any atom is -0.305 e. The minimum absolute atomic E-state index is 0.389. The van der Waals surface area contributed by atoms with E-state index in [2.05, 4.69) is 22.3 Å². The van der Waals surface area contributed by atoms with Crippen molar-refractivity contribution in [2.45, 2.75) is 12.1 Å². The van der Waals surface area contributed by atoms with Gasteiger partial charge in [-0.2, -0.15) is 5.26 Å². The van der Waals surface area contributed by atoms with Gasteiger partial charge in [0.25, 0.3) is 0 Å². The lowest BCUT2D eigenvalue weighted by Crippen LogP contribution is -1.95. The number of aryl methyl sites for hydroxylation is 1. The van der Waals surface area contributed by atoms with Crippen LogP contribution < -0.4 is 0 Å². The Labute approximate surface area is 104 Å². The van der Waals surface area contributed by atoms with Gasteiger partial charge in [-0.1, -0.05) is 35.5 Å². The normalized spacial score (nSPS) is 10.2. The fourth-order valence-corrected chi connectivity index (χ4v) is 2.15. The predicted molar refractivity (Wildman–Crippen MR) is 67.5 cm³/mol. The number of benzene rings is 1. The van der Waals surface area contributed by atoms with E-state index in [1.54, 1.807) is 0 Å². The molecule has 0 saturated heterocycles. The predicted octanol–water partition coefficient (Wildman–Crippen LogP) is 2.41. The average molecular weight is 244 g/mol. The Hall–Kier alpha value is -1.80. The van der Waals surface area contributed by atoms with Crippen LogP contribution in [-0.4, -0.2) is 20.5 Å². The van der Waals surface area contributed by atoms with Crippen molar-refractivity contribution in [3.8, 4) is 17.5 Å². The third-order valence-corrected chi connectivity index (χ3v) is 3.26. The number of nitrogens with zero attached hydrogens (tertiary/aromatic N) is 4. The Morgan fingerprint density at radius 3 is 2.94 bits per heavy atom. The van der Waals surface area contributed by atoms with Crippen LogP contribution in [0.25, 0.3) is 11.4 Å². The van der Waals surface area contributed by atoms with Gasteiger partial charge >= 0.3 is 0 Å². The van der Waals surface area contributed by atoms with E-state index in [0.717, 1.165) is 16.5 Å². The van der Waals surface area contributed by atoms with Crippen molar-refractivity contribution in [2.75, 3.05) is 5.75 Å². The fourth-order valence-electron chi connectivity index (χ4n) is 1.57. The molecule has 1 heterocycles. The Morgan fingerprint density at radius 1 is 1.41 bits per heavy atom. The molecule has 0 unspecified atom stereocenters. The molecular weight excluding hydrogens is 232 g/mol. The SMILES string of the molecule is Cc1cccc(-c2nnc(SCC#N)n2C)c1. The van der Waals surface area contributed by atoms with Gasteiger partial charge in [0, 0.05) is 12.6 Å². The maximum Gasteiger partial charge on any atom is 0.192 e. The molecule has 0 radical (unpaired) electrons. The van der Waals surface area contributed by atoms with Crippen LogP contribution in [-0.2, 0) is 7.05 Å². The first-order chi connectivity index (χ1) is 8.22. The van der Waals surface area contributed by atoms with Gasteiger partial charge in [0.15, 0.2) is 11.0 Å². The monoisotopic (exact) mass is 244 g/mol. The fraction of sp³-hybridized carbons (Fsp3) is 0.250. The van der Waals surface area contributed by atoms with Gasteiger partial charge < -0.3 is 4.57 Å². The van der Waals surface area contributed by atoms with E-state index in [0.29, 0.717) is 5.75 Å². The Bertz CT molecular complexity index is 568. The summed E-state index contributed by atoms with van der Waals surface area (Å²) in [4.78, 5) is 0. The molecule has 0 aliphatic heterocycles. The van der Waals surface area contributed by atoms with Gasteiger partial charge in [-0.25, -0.2) is 0 Å². The third kappa shape index (κ3) is 2.48. The van der Waals surface area contributed by atoms with E-state index >= 15 is 0 Å². The first-order valence-corrected chi connectivity index (χ1v) is 6.17. The highest BCUT2D eigenvalue weighted by Crippen LogP contribution is 2.22. The number of aromatic nitrogens is 3. The highest BCUT2D eigenvalue weighted by atomic mass is 32.2. The molecule has 0 amide bonds. The molecule has 2 rings (SSSR count). The highest BCUT2D eigenvalue weighted by molar-refractivity contribution is 7.99. The molecule has 0 aliphatic carbocycles. The number of hydrogen-bond acceptors (Lipinski definition) is 4. The van der Waals surface area contributed by atoms with Gasteiger partial charge in [0.2, 0.25) is 0 Å². The second-order valence-electron chi connectivity index (χ2n) is 3.68. The number of rotatable bonds is 3. The van der Waals surface area contributed by atoms with Crippen molar-refractivity contribution >= 4 is 11.8 Å². The van der Waals surface area contributed by atoms with Crippen LogP contribution in [0.3, 0.4) is 0 Å². The molecule has 1 aromatic heterocycles. The molecular formula is C12H12N4S. The van der Waals surface area contributed by atoms with E-state index in [4.69, 9.17) is 5.26 Å². The van der Waals surface area contributed by atoms with Gasteiger partial charge in [-0.15, -0.1) is 10.2 Å². The average Bonchev–Trinajstić information content (AvgIpc) is 2.68. The minimum atomic E-state index is 0.389. The molecule has 1 aromatic carbocycles. The summed E-state index contributed by atoms with van der Waals surface area (Å²) >= 11 is 1.39. The Morgan fingerprint density at radius 2 is 2.24 bits per heavy atom. The first kappa shape index (κ1) is 11.7. The van der Waals surface area contributed by atoms with Crippen molar-refractivity contribution < 1.29 is 0 Å². The second kappa shape index (κ2) is 5.02. The molecule has 2 aromatic rings. The largest absolute Gasteiger partial charge is 0.305 e.